The molecule has 0 aliphatic rings. The average molecular weight is 190 g/mol. The van der Waals surface area contributed by atoms with E-state index < -0.39 is 23.2 Å². The summed E-state index contributed by atoms with van der Waals surface area (Å²) in [6.45, 7) is 3.25. The van der Waals surface area contributed by atoms with Crippen molar-refractivity contribution in [1.82, 2.24) is 0 Å². The van der Waals surface area contributed by atoms with Crippen LogP contribution in [0.5, 0.6) is 5.75 Å². The van der Waals surface area contributed by atoms with E-state index in [1.165, 1.54) is 0 Å². The van der Waals surface area contributed by atoms with E-state index in [1.54, 1.807) is 13.8 Å². The molecule has 0 amide bonds. The summed E-state index contributed by atoms with van der Waals surface area (Å²) < 4.78 is 43.0. The zero-order valence-electron chi connectivity index (χ0n) is 7.27. The van der Waals surface area contributed by atoms with Crippen LogP contribution in [0.3, 0.4) is 0 Å². The first-order valence-electron chi connectivity index (χ1n) is 3.82. The van der Waals surface area contributed by atoms with Gasteiger partial charge in [0.15, 0.2) is 17.4 Å². The molecule has 0 unspecified atom stereocenters. The average Bonchev–Trinajstić information content (AvgIpc) is 1.96. The topological polar surface area (TPSA) is 9.23 Å². The van der Waals surface area contributed by atoms with Crippen molar-refractivity contribution in [3.63, 3.8) is 0 Å². The molecule has 4 heteroatoms. The molecule has 1 aromatic rings. The summed E-state index contributed by atoms with van der Waals surface area (Å²) in [7, 11) is 0. The van der Waals surface area contributed by atoms with E-state index in [9.17, 15) is 13.2 Å². The number of hydrogen-bond acceptors (Lipinski definition) is 1. The molecule has 13 heavy (non-hydrogen) atoms. The van der Waals surface area contributed by atoms with Gasteiger partial charge in [0.05, 0.1) is 6.10 Å². The number of rotatable bonds is 2. The normalized spacial score (nSPS) is 10.6. The number of ether oxygens (including phenoxy) is 1. The maximum Gasteiger partial charge on any atom is 0.191 e. The van der Waals surface area contributed by atoms with Gasteiger partial charge < -0.3 is 4.74 Å². The van der Waals surface area contributed by atoms with Crippen LogP contribution >= 0.6 is 0 Å². The molecule has 1 aromatic carbocycles. The summed E-state index contributed by atoms with van der Waals surface area (Å²) in [6.07, 6.45) is -0.352. The third-order valence-corrected chi connectivity index (χ3v) is 1.32. The number of benzene rings is 1. The standard InChI is InChI=1S/C9H9F3O/c1-5(2)13-9-7(11)3-6(10)4-8(9)12/h3-5H,1-2H3. The second-order valence-electron chi connectivity index (χ2n) is 2.87. The molecule has 0 radical (unpaired) electrons. The summed E-state index contributed by atoms with van der Waals surface area (Å²) in [5, 5.41) is 0. The first kappa shape index (κ1) is 9.89. The van der Waals surface area contributed by atoms with Gasteiger partial charge in [-0.15, -0.1) is 0 Å². The molecule has 0 saturated carbocycles. The monoisotopic (exact) mass is 190 g/mol. The molecule has 72 valence electrons. The van der Waals surface area contributed by atoms with Crippen LogP contribution < -0.4 is 4.74 Å². The molecule has 1 nitrogen and oxygen atoms in total. The molecular weight excluding hydrogens is 181 g/mol. The predicted molar refractivity (Wildman–Crippen MR) is 42.1 cm³/mol. The lowest BCUT2D eigenvalue weighted by Gasteiger charge is -2.10. The minimum Gasteiger partial charge on any atom is -0.485 e. The summed E-state index contributed by atoms with van der Waals surface area (Å²) >= 11 is 0. The van der Waals surface area contributed by atoms with Gasteiger partial charge in [0.1, 0.15) is 5.82 Å². The maximum absolute atomic E-state index is 12.9. The first-order valence-corrected chi connectivity index (χ1v) is 3.82. The van der Waals surface area contributed by atoms with E-state index in [2.05, 4.69) is 0 Å². The molecule has 0 saturated heterocycles. The minimum atomic E-state index is -1.02. The molecule has 0 heterocycles. The predicted octanol–water partition coefficient (Wildman–Crippen LogP) is 2.89. The van der Waals surface area contributed by atoms with Crippen molar-refractivity contribution in [2.75, 3.05) is 0 Å². The molecule has 0 aliphatic carbocycles. The molecule has 1 rings (SSSR count). The van der Waals surface area contributed by atoms with Gasteiger partial charge in [-0.1, -0.05) is 0 Å². The van der Waals surface area contributed by atoms with Gasteiger partial charge in [-0.05, 0) is 13.8 Å². The Morgan fingerprint density at radius 1 is 1.08 bits per heavy atom. The summed E-state index contributed by atoms with van der Waals surface area (Å²) in [4.78, 5) is 0. The summed E-state index contributed by atoms with van der Waals surface area (Å²) in [5.41, 5.74) is 0. The number of hydrogen-bond donors (Lipinski definition) is 0. The van der Waals surface area contributed by atoms with E-state index in [-0.39, 0.29) is 6.10 Å². The SMILES string of the molecule is CC(C)Oc1c(F)cc(F)cc1F. The summed E-state index contributed by atoms with van der Waals surface area (Å²) in [5.74, 6) is -3.53. The maximum atomic E-state index is 12.9. The van der Waals surface area contributed by atoms with Crippen LogP contribution in [-0.4, -0.2) is 6.10 Å². The zero-order chi connectivity index (χ0) is 10.0. The van der Waals surface area contributed by atoms with Crippen molar-refractivity contribution in [2.24, 2.45) is 0 Å². The van der Waals surface area contributed by atoms with Gasteiger partial charge >= 0.3 is 0 Å². The lowest BCUT2D eigenvalue weighted by Crippen LogP contribution is -2.08. The van der Waals surface area contributed by atoms with Crippen molar-refractivity contribution >= 4 is 0 Å². The minimum absolute atomic E-state index is 0.352. The smallest absolute Gasteiger partial charge is 0.191 e. The Bertz CT molecular complexity index is 287. The fourth-order valence-corrected chi connectivity index (χ4v) is 0.877. The molecule has 0 N–H and O–H groups in total. The molecular formula is C9H9F3O. The second-order valence-corrected chi connectivity index (χ2v) is 2.87. The van der Waals surface area contributed by atoms with E-state index in [1.807, 2.05) is 0 Å². The molecule has 0 bridgehead atoms. The van der Waals surface area contributed by atoms with Crippen LogP contribution in [0.4, 0.5) is 13.2 Å². The van der Waals surface area contributed by atoms with Crippen LogP contribution in [0.2, 0.25) is 0 Å². The lowest BCUT2D eigenvalue weighted by atomic mass is 10.3. The molecule has 0 spiro atoms. The molecule has 0 atom stereocenters. The van der Waals surface area contributed by atoms with Crippen molar-refractivity contribution in [1.29, 1.82) is 0 Å². The van der Waals surface area contributed by atoms with Crippen molar-refractivity contribution in [3.05, 3.63) is 29.6 Å². The van der Waals surface area contributed by atoms with Crippen molar-refractivity contribution < 1.29 is 17.9 Å². The summed E-state index contributed by atoms with van der Waals surface area (Å²) in [6, 6.07) is 1.17. The Morgan fingerprint density at radius 2 is 1.54 bits per heavy atom. The van der Waals surface area contributed by atoms with Crippen LogP contribution in [0.1, 0.15) is 13.8 Å². The van der Waals surface area contributed by atoms with Gasteiger partial charge in [-0.25, -0.2) is 13.2 Å². The Labute approximate surface area is 74.1 Å². The van der Waals surface area contributed by atoms with E-state index >= 15 is 0 Å². The van der Waals surface area contributed by atoms with Crippen LogP contribution in [-0.2, 0) is 0 Å². The highest BCUT2D eigenvalue weighted by Gasteiger charge is 2.13. The Morgan fingerprint density at radius 3 is 1.92 bits per heavy atom. The third-order valence-electron chi connectivity index (χ3n) is 1.32. The quantitative estimate of drug-likeness (QED) is 0.696. The van der Waals surface area contributed by atoms with Crippen molar-refractivity contribution in [3.8, 4) is 5.75 Å². The van der Waals surface area contributed by atoms with Gasteiger partial charge in [0.2, 0.25) is 0 Å². The van der Waals surface area contributed by atoms with Crippen LogP contribution in [0.15, 0.2) is 12.1 Å². The van der Waals surface area contributed by atoms with E-state index in [0.29, 0.717) is 12.1 Å². The lowest BCUT2D eigenvalue weighted by molar-refractivity contribution is 0.218. The molecule has 0 aliphatic heterocycles. The van der Waals surface area contributed by atoms with Crippen LogP contribution in [0.25, 0.3) is 0 Å². The van der Waals surface area contributed by atoms with Crippen LogP contribution in [0, 0.1) is 17.5 Å². The second kappa shape index (κ2) is 3.68. The Balaban J connectivity index is 3.06. The highest BCUT2D eigenvalue weighted by molar-refractivity contribution is 5.27. The third kappa shape index (κ3) is 2.37. The highest BCUT2D eigenvalue weighted by Crippen LogP contribution is 2.23. The molecule has 0 fully saturated rings. The molecule has 0 aromatic heterocycles. The Kier molecular flexibility index (Phi) is 2.80. The van der Waals surface area contributed by atoms with Gasteiger partial charge in [0, 0.05) is 12.1 Å². The largest absolute Gasteiger partial charge is 0.485 e. The van der Waals surface area contributed by atoms with Gasteiger partial charge in [-0.3, -0.25) is 0 Å². The zero-order valence-corrected chi connectivity index (χ0v) is 7.27. The van der Waals surface area contributed by atoms with E-state index in [0.717, 1.165) is 0 Å². The fraction of sp³-hybridized carbons (Fsp3) is 0.333. The van der Waals surface area contributed by atoms with E-state index in [4.69, 9.17) is 4.74 Å². The Hall–Kier alpha value is -1.19. The first-order chi connectivity index (χ1) is 6.00. The van der Waals surface area contributed by atoms with Gasteiger partial charge in [0.25, 0.3) is 0 Å². The van der Waals surface area contributed by atoms with Gasteiger partial charge in [-0.2, -0.15) is 0 Å². The fourth-order valence-electron chi connectivity index (χ4n) is 0.877. The highest BCUT2D eigenvalue weighted by atomic mass is 19.1. The van der Waals surface area contributed by atoms with Crippen molar-refractivity contribution in [2.45, 2.75) is 20.0 Å². The number of halogens is 3.